The summed E-state index contributed by atoms with van der Waals surface area (Å²) in [6.07, 6.45) is 0.274. The lowest BCUT2D eigenvalue weighted by atomic mass is 10.5. The molecule has 0 saturated carbocycles. The third-order valence-corrected chi connectivity index (χ3v) is 3.13. The van der Waals surface area contributed by atoms with Gasteiger partial charge in [-0.1, -0.05) is 13.8 Å². The van der Waals surface area contributed by atoms with Gasteiger partial charge in [-0.2, -0.15) is 0 Å². The molecule has 3 nitrogen and oxygen atoms in total. The number of sulfone groups is 1. The summed E-state index contributed by atoms with van der Waals surface area (Å²) < 4.78 is 21.4. The molecule has 0 aromatic rings. The van der Waals surface area contributed by atoms with Crippen LogP contribution in [0.2, 0.25) is 0 Å². The molecule has 0 amide bonds. The molecular formula is C5H12O3S. The first kappa shape index (κ1) is 8.91. The van der Waals surface area contributed by atoms with Crippen LogP contribution in [-0.2, 0) is 9.84 Å². The molecule has 0 aliphatic carbocycles. The van der Waals surface area contributed by atoms with E-state index in [0.717, 1.165) is 0 Å². The van der Waals surface area contributed by atoms with E-state index in [1.165, 1.54) is 6.92 Å². The highest BCUT2D eigenvalue weighted by Gasteiger charge is 2.17. The Morgan fingerprint density at radius 1 is 1.44 bits per heavy atom. The molecule has 0 aromatic heterocycles. The largest absolute Gasteiger partial charge is 0.377 e. The molecule has 0 aromatic carbocycles. The molecule has 0 spiro atoms. The number of rotatable bonds is 3. The van der Waals surface area contributed by atoms with E-state index in [1.807, 2.05) is 0 Å². The van der Waals surface area contributed by atoms with Gasteiger partial charge in [-0.15, -0.1) is 0 Å². The van der Waals surface area contributed by atoms with E-state index in [4.69, 9.17) is 5.11 Å². The molecule has 1 unspecified atom stereocenters. The van der Waals surface area contributed by atoms with Crippen LogP contribution < -0.4 is 0 Å². The van der Waals surface area contributed by atoms with Gasteiger partial charge >= 0.3 is 0 Å². The van der Waals surface area contributed by atoms with Crippen molar-refractivity contribution in [3.63, 3.8) is 0 Å². The Morgan fingerprint density at radius 3 is 2.00 bits per heavy atom. The van der Waals surface area contributed by atoms with Crippen LogP contribution in [0.15, 0.2) is 0 Å². The summed E-state index contributed by atoms with van der Waals surface area (Å²) >= 11 is 0. The number of hydrogen-bond acceptors (Lipinski definition) is 3. The van der Waals surface area contributed by atoms with E-state index in [2.05, 4.69) is 0 Å². The Balaban J connectivity index is 4.17. The molecule has 0 aliphatic heterocycles. The van der Waals surface area contributed by atoms with Crippen molar-refractivity contribution in [3.8, 4) is 0 Å². The molecule has 0 fully saturated rings. The van der Waals surface area contributed by atoms with Gasteiger partial charge in [0.1, 0.15) is 0 Å². The lowest BCUT2D eigenvalue weighted by Gasteiger charge is -2.05. The van der Waals surface area contributed by atoms with Crippen LogP contribution >= 0.6 is 0 Å². The molecular weight excluding hydrogens is 140 g/mol. The zero-order valence-electron chi connectivity index (χ0n) is 5.66. The van der Waals surface area contributed by atoms with Gasteiger partial charge in [0, 0.05) is 5.75 Å². The second-order valence-electron chi connectivity index (χ2n) is 1.81. The summed E-state index contributed by atoms with van der Waals surface area (Å²) in [5, 5.41) is 8.80. The molecule has 0 bridgehead atoms. The Hall–Kier alpha value is -0.0900. The van der Waals surface area contributed by atoms with Crippen LogP contribution in [0.3, 0.4) is 0 Å². The second-order valence-corrected chi connectivity index (χ2v) is 4.26. The molecule has 0 heterocycles. The monoisotopic (exact) mass is 152 g/mol. The van der Waals surface area contributed by atoms with Crippen LogP contribution in [0, 0.1) is 0 Å². The summed E-state index contributed by atoms with van der Waals surface area (Å²) in [5.74, 6) is 0.0159. The third kappa shape index (κ3) is 2.32. The predicted molar refractivity (Wildman–Crippen MR) is 35.8 cm³/mol. The fraction of sp³-hybridized carbons (Fsp3) is 1.00. The Kier molecular flexibility index (Phi) is 3.14. The minimum Gasteiger partial charge on any atom is -0.377 e. The summed E-state index contributed by atoms with van der Waals surface area (Å²) in [5.41, 5.74) is -1.16. The highest BCUT2D eigenvalue weighted by molar-refractivity contribution is 7.91. The van der Waals surface area contributed by atoms with Gasteiger partial charge in [0.15, 0.2) is 15.3 Å². The topological polar surface area (TPSA) is 54.4 Å². The number of hydrogen-bond donors (Lipinski definition) is 1. The second kappa shape index (κ2) is 3.17. The smallest absolute Gasteiger partial charge is 0.176 e. The maximum Gasteiger partial charge on any atom is 0.176 e. The maximum atomic E-state index is 10.7. The average Bonchev–Trinajstić information content (AvgIpc) is 1.86. The SMILES string of the molecule is CCC(O)S(=O)(=O)CC. The minimum absolute atomic E-state index is 0.0159. The fourth-order valence-corrected chi connectivity index (χ4v) is 1.34. The van der Waals surface area contributed by atoms with E-state index < -0.39 is 15.3 Å². The molecule has 0 rings (SSSR count). The Bertz CT molecular complexity index is 159. The number of aliphatic hydroxyl groups excluding tert-OH is 1. The highest BCUT2D eigenvalue weighted by Crippen LogP contribution is 2.01. The van der Waals surface area contributed by atoms with E-state index >= 15 is 0 Å². The van der Waals surface area contributed by atoms with Crippen LogP contribution in [0.1, 0.15) is 20.3 Å². The van der Waals surface area contributed by atoms with Crippen LogP contribution in [0.5, 0.6) is 0 Å². The molecule has 4 heteroatoms. The van der Waals surface area contributed by atoms with Gasteiger partial charge in [0.25, 0.3) is 0 Å². The molecule has 0 aliphatic rings. The van der Waals surface area contributed by atoms with Gasteiger partial charge < -0.3 is 5.11 Å². The van der Waals surface area contributed by atoms with E-state index in [1.54, 1.807) is 6.92 Å². The normalized spacial score (nSPS) is 15.4. The lowest BCUT2D eigenvalue weighted by molar-refractivity contribution is 0.245. The Labute approximate surface area is 55.6 Å². The van der Waals surface area contributed by atoms with Gasteiger partial charge in [-0.25, -0.2) is 8.42 Å². The summed E-state index contributed by atoms with van der Waals surface area (Å²) in [4.78, 5) is 0. The van der Waals surface area contributed by atoms with Crippen molar-refractivity contribution in [1.29, 1.82) is 0 Å². The first-order chi connectivity index (χ1) is 4.04. The fourth-order valence-electron chi connectivity index (χ4n) is 0.446. The highest BCUT2D eigenvalue weighted by atomic mass is 32.2. The van der Waals surface area contributed by atoms with Crippen molar-refractivity contribution in [2.24, 2.45) is 0 Å². The lowest BCUT2D eigenvalue weighted by Crippen LogP contribution is -2.21. The molecule has 1 N–H and O–H groups in total. The van der Waals surface area contributed by atoms with Crippen molar-refractivity contribution >= 4 is 9.84 Å². The quantitative estimate of drug-likeness (QED) is 0.626. The first-order valence-corrected chi connectivity index (χ1v) is 4.65. The van der Waals surface area contributed by atoms with Gasteiger partial charge in [-0.05, 0) is 6.42 Å². The van der Waals surface area contributed by atoms with E-state index in [0.29, 0.717) is 0 Å². The van der Waals surface area contributed by atoms with Gasteiger partial charge in [0.05, 0.1) is 0 Å². The minimum atomic E-state index is -3.19. The zero-order valence-corrected chi connectivity index (χ0v) is 6.48. The molecule has 56 valence electrons. The molecule has 1 atom stereocenters. The van der Waals surface area contributed by atoms with Crippen molar-refractivity contribution in [2.45, 2.75) is 25.7 Å². The maximum absolute atomic E-state index is 10.7. The van der Waals surface area contributed by atoms with Crippen molar-refractivity contribution in [2.75, 3.05) is 5.75 Å². The van der Waals surface area contributed by atoms with E-state index in [-0.39, 0.29) is 12.2 Å². The molecule has 9 heavy (non-hydrogen) atoms. The Morgan fingerprint density at radius 2 is 1.89 bits per heavy atom. The summed E-state index contributed by atoms with van der Waals surface area (Å²) in [7, 11) is -3.19. The van der Waals surface area contributed by atoms with Crippen molar-refractivity contribution < 1.29 is 13.5 Å². The molecule has 0 radical (unpaired) electrons. The van der Waals surface area contributed by atoms with Gasteiger partial charge in [0.2, 0.25) is 0 Å². The summed E-state index contributed by atoms with van der Waals surface area (Å²) in [6, 6.07) is 0. The molecule has 0 saturated heterocycles. The number of aliphatic hydroxyl groups is 1. The van der Waals surface area contributed by atoms with Crippen molar-refractivity contribution in [1.82, 2.24) is 0 Å². The third-order valence-electron chi connectivity index (χ3n) is 1.17. The van der Waals surface area contributed by atoms with Crippen LogP contribution in [0.25, 0.3) is 0 Å². The van der Waals surface area contributed by atoms with Crippen LogP contribution in [0.4, 0.5) is 0 Å². The average molecular weight is 152 g/mol. The summed E-state index contributed by atoms with van der Waals surface area (Å²) in [6.45, 7) is 3.16. The standard InChI is InChI=1S/C5H12O3S/c1-3-5(6)9(7,8)4-2/h5-6H,3-4H2,1-2H3. The van der Waals surface area contributed by atoms with Crippen LogP contribution in [-0.4, -0.2) is 24.7 Å². The van der Waals surface area contributed by atoms with E-state index in [9.17, 15) is 8.42 Å². The predicted octanol–water partition coefficient (Wildman–Crippen LogP) is 0.150. The van der Waals surface area contributed by atoms with Gasteiger partial charge in [-0.3, -0.25) is 0 Å². The first-order valence-electron chi connectivity index (χ1n) is 2.94. The van der Waals surface area contributed by atoms with Crippen molar-refractivity contribution in [3.05, 3.63) is 0 Å². The zero-order chi connectivity index (χ0) is 7.49.